The molecule has 0 radical (unpaired) electrons. The van der Waals surface area contributed by atoms with E-state index in [9.17, 15) is 13.2 Å². The van der Waals surface area contributed by atoms with Crippen molar-refractivity contribution in [2.75, 3.05) is 23.3 Å². The van der Waals surface area contributed by atoms with Crippen LogP contribution in [-0.4, -0.2) is 28.0 Å². The first-order chi connectivity index (χ1) is 17.8. The van der Waals surface area contributed by atoms with Gasteiger partial charge in [-0.05, 0) is 73.2 Å². The van der Waals surface area contributed by atoms with Crippen LogP contribution in [0.1, 0.15) is 5.56 Å². The number of nitrogens with zero attached hydrogens (tertiary/aromatic N) is 1. The van der Waals surface area contributed by atoms with Crippen LogP contribution >= 0.6 is 11.6 Å². The molecular weight excluding hydrogens is 512 g/mol. The molecule has 9 heteroatoms. The summed E-state index contributed by atoms with van der Waals surface area (Å²) >= 11 is 6.03. The van der Waals surface area contributed by atoms with E-state index in [1.807, 2.05) is 18.2 Å². The van der Waals surface area contributed by atoms with Crippen LogP contribution < -0.4 is 19.1 Å². The van der Waals surface area contributed by atoms with Gasteiger partial charge in [0.2, 0.25) is 5.91 Å². The van der Waals surface area contributed by atoms with Gasteiger partial charge in [0.15, 0.2) is 5.75 Å². The number of aryl methyl sites for hydroxylation is 1. The van der Waals surface area contributed by atoms with Crippen LogP contribution in [-0.2, 0) is 14.8 Å². The lowest BCUT2D eigenvalue weighted by Gasteiger charge is -2.25. The lowest BCUT2D eigenvalue weighted by atomic mass is 10.2. The molecule has 0 aliphatic heterocycles. The Kier molecular flexibility index (Phi) is 8.01. The molecule has 4 aromatic rings. The molecule has 0 heterocycles. The summed E-state index contributed by atoms with van der Waals surface area (Å²) < 4.78 is 40.0. The quantitative estimate of drug-likeness (QED) is 0.272. The third kappa shape index (κ3) is 6.22. The van der Waals surface area contributed by atoms with E-state index in [2.05, 4.69) is 5.32 Å². The third-order valence-electron chi connectivity index (χ3n) is 5.42. The first kappa shape index (κ1) is 26.1. The molecule has 0 aromatic heterocycles. The van der Waals surface area contributed by atoms with Gasteiger partial charge in [0.25, 0.3) is 10.0 Å². The lowest BCUT2D eigenvalue weighted by Crippen LogP contribution is -2.38. The number of rotatable bonds is 9. The number of benzene rings is 4. The zero-order valence-electron chi connectivity index (χ0n) is 20.2. The number of nitrogens with one attached hydrogen (secondary N) is 1. The van der Waals surface area contributed by atoms with Crippen LogP contribution in [0.5, 0.6) is 17.2 Å². The monoisotopic (exact) mass is 536 g/mol. The number of hydrogen-bond acceptors (Lipinski definition) is 5. The summed E-state index contributed by atoms with van der Waals surface area (Å²) in [6.45, 7) is 1.28. The molecule has 0 atom stereocenters. The molecule has 0 saturated heterocycles. The van der Waals surface area contributed by atoms with Gasteiger partial charge >= 0.3 is 0 Å². The number of anilines is 2. The van der Waals surface area contributed by atoms with Gasteiger partial charge < -0.3 is 14.8 Å². The number of hydrogen-bond donors (Lipinski definition) is 1. The fraction of sp³-hybridized carbons (Fsp3) is 0.107. The fourth-order valence-electron chi connectivity index (χ4n) is 3.62. The standard InChI is InChI=1S/C28H25ClN2O5S/c1-20-12-17-26(35-2)27(18-20)37(33,34)31(22-15-13-21(29)14-16-22)19-28(32)30-24-10-6-7-11-25(24)36-23-8-4-3-5-9-23/h3-18H,19H2,1-2H3,(H,30,32). The predicted molar refractivity (Wildman–Crippen MR) is 145 cm³/mol. The minimum Gasteiger partial charge on any atom is -0.495 e. The number of methoxy groups -OCH3 is 1. The van der Waals surface area contributed by atoms with E-state index >= 15 is 0 Å². The molecule has 4 aromatic carbocycles. The van der Waals surface area contributed by atoms with Crippen molar-refractivity contribution in [2.24, 2.45) is 0 Å². The Morgan fingerprint density at radius 3 is 2.27 bits per heavy atom. The molecule has 0 aliphatic rings. The Hall–Kier alpha value is -4.01. The van der Waals surface area contributed by atoms with Crippen molar-refractivity contribution in [3.05, 3.63) is 108 Å². The number of ether oxygens (including phenoxy) is 2. The van der Waals surface area contributed by atoms with Gasteiger partial charge in [-0.1, -0.05) is 48.0 Å². The van der Waals surface area contributed by atoms with Crippen LogP contribution in [0.15, 0.2) is 102 Å². The SMILES string of the molecule is COc1ccc(C)cc1S(=O)(=O)N(CC(=O)Nc1ccccc1Oc1ccccc1)c1ccc(Cl)cc1. The van der Waals surface area contributed by atoms with Gasteiger partial charge in [-0.3, -0.25) is 9.10 Å². The van der Waals surface area contributed by atoms with E-state index in [0.717, 1.165) is 9.87 Å². The van der Waals surface area contributed by atoms with Crippen molar-refractivity contribution in [1.82, 2.24) is 0 Å². The molecule has 1 amide bonds. The van der Waals surface area contributed by atoms with Crippen LogP contribution in [0, 0.1) is 6.92 Å². The van der Waals surface area contributed by atoms with Gasteiger partial charge in [0.1, 0.15) is 22.9 Å². The van der Waals surface area contributed by atoms with E-state index in [0.29, 0.717) is 22.2 Å². The van der Waals surface area contributed by atoms with Crippen molar-refractivity contribution >= 4 is 38.9 Å². The third-order valence-corrected chi connectivity index (χ3v) is 7.47. The van der Waals surface area contributed by atoms with Gasteiger partial charge in [-0.2, -0.15) is 0 Å². The number of sulfonamides is 1. The Balaban J connectivity index is 1.66. The fourth-order valence-corrected chi connectivity index (χ4v) is 5.41. The van der Waals surface area contributed by atoms with Crippen molar-refractivity contribution in [3.63, 3.8) is 0 Å². The Labute approximate surface area is 221 Å². The zero-order valence-corrected chi connectivity index (χ0v) is 21.8. The van der Waals surface area contributed by atoms with Crippen LogP contribution in [0.4, 0.5) is 11.4 Å². The van der Waals surface area contributed by atoms with E-state index in [1.54, 1.807) is 79.7 Å². The van der Waals surface area contributed by atoms with Crippen molar-refractivity contribution < 1.29 is 22.7 Å². The predicted octanol–water partition coefficient (Wildman–Crippen LogP) is 6.28. The molecule has 1 N–H and O–H groups in total. The average molecular weight is 537 g/mol. The lowest BCUT2D eigenvalue weighted by molar-refractivity contribution is -0.114. The normalized spacial score (nSPS) is 11.0. The maximum Gasteiger partial charge on any atom is 0.268 e. The highest BCUT2D eigenvalue weighted by Crippen LogP contribution is 2.32. The molecule has 0 unspecified atom stereocenters. The molecule has 0 fully saturated rings. The number of carbonyl (C=O) groups is 1. The minimum atomic E-state index is -4.21. The molecule has 0 bridgehead atoms. The van der Waals surface area contributed by atoms with E-state index in [4.69, 9.17) is 21.1 Å². The molecule has 7 nitrogen and oxygen atoms in total. The number of halogens is 1. The van der Waals surface area contributed by atoms with E-state index in [-0.39, 0.29) is 16.3 Å². The van der Waals surface area contributed by atoms with E-state index < -0.39 is 22.5 Å². The summed E-state index contributed by atoms with van der Waals surface area (Å²) in [5, 5.41) is 3.21. The summed E-state index contributed by atoms with van der Waals surface area (Å²) in [5.74, 6) is 0.630. The smallest absolute Gasteiger partial charge is 0.268 e. The van der Waals surface area contributed by atoms with Crippen molar-refractivity contribution in [3.8, 4) is 17.2 Å². The number of amides is 1. The second-order valence-corrected chi connectivity index (χ2v) is 10.4. The van der Waals surface area contributed by atoms with Crippen LogP contribution in [0.2, 0.25) is 5.02 Å². The molecule has 4 rings (SSSR count). The second kappa shape index (κ2) is 11.4. The maximum absolute atomic E-state index is 13.9. The Bertz CT molecular complexity index is 1490. The highest BCUT2D eigenvalue weighted by Gasteiger charge is 2.30. The average Bonchev–Trinajstić information content (AvgIpc) is 2.89. The number of carbonyl (C=O) groups excluding carboxylic acids is 1. The minimum absolute atomic E-state index is 0.0504. The molecule has 0 spiro atoms. The van der Waals surface area contributed by atoms with Gasteiger partial charge in [-0.25, -0.2) is 8.42 Å². The molecular formula is C28H25ClN2O5S. The Morgan fingerprint density at radius 2 is 1.57 bits per heavy atom. The number of para-hydroxylation sites is 3. The van der Waals surface area contributed by atoms with Gasteiger partial charge in [0.05, 0.1) is 18.5 Å². The summed E-state index contributed by atoms with van der Waals surface area (Å²) in [7, 11) is -2.81. The van der Waals surface area contributed by atoms with Crippen molar-refractivity contribution in [2.45, 2.75) is 11.8 Å². The molecule has 0 aliphatic carbocycles. The topological polar surface area (TPSA) is 84.9 Å². The molecule has 190 valence electrons. The first-order valence-electron chi connectivity index (χ1n) is 11.3. The summed E-state index contributed by atoms with van der Waals surface area (Å²) in [6, 6.07) is 27.1. The maximum atomic E-state index is 13.9. The second-order valence-electron chi connectivity index (χ2n) is 8.10. The van der Waals surface area contributed by atoms with Crippen LogP contribution in [0.25, 0.3) is 0 Å². The van der Waals surface area contributed by atoms with E-state index in [1.165, 1.54) is 13.2 Å². The summed E-state index contributed by atoms with van der Waals surface area (Å²) in [5.41, 5.74) is 1.40. The summed E-state index contributed by atoms with van der Waals surface area (Å²) in [6.07, 6.45) is 0. The zero-order chi connectivity index (χ0) is 26.4. The highest BCUT2D eigenvalue weighted by molar-refractivity contribution is 7.93. The summed E-state index contributed by atoms with van der Waals surface area (Å²) in [4.78, 5) is 13.2. The van der Waals surface area contributed by atoms with Gasteiger partial charge in [0, 0.05) is 5.02 Å². The molecule has 0 saturated carbocycles. The first-order valence-corrected chi connectivity index (χ1v) is 13.1. The van der Waals surface area contributed by atoms with Crippen molar-refractivity contribution in [1.29, 1.82) is 0 Å². The highest BCUT2D eigenvalue weighted by atomic mass is 35.5. The molecule has 37 heavy (non-hydrogen) atoms. The van der Waals surface area contributed by atoms with Gasteiger partial charge in [-0.15, -0.1) is 0 Å². The van der Waals surface area contributed by atoms with Crippen LogP contribution in [0.3, 0.4) is 0 Å². The Morgan fingerprint density at radius 1 is 0.892 bits per heavy atom. The largest absolute Gasteiger partial charge is 0.495 e.